The maximum atomic E-state index is 5.83. The average molecular weight is 170 g/mol. The van der Waals surface area contributed by atoms with Crippen LogP contribution in [0.25, 0.3) is 17.0 Å². The first-order chi connectivity index (χ1) is 6.34. The van der Waals surface area contributed by atoms with E-state index in [1.807, 2.05) is 12.3 Å². The number of hydrogen-bond donors (Lipinski definition) is 2. The fourth-order valence-corrected chi connectivity index (χ4v) is 2.02. The molecule has 0 amide bonds. The number of nitrogens with two attached hydrogens (primary N) is 1. The minimum Gasteiger partial charge on any atom is -0.402 e. The Bertz CT molecular complexity index is 506. The quantitative estimate of drug-likeness (QED) is 0.624. The Morgan fingerprint density at radius 1 is 1.31 bits per heavy atom. The third kappa shape index (κ3) is 0.827. The van der Waals surface area contributed by atoms with E-state index in [1.165, 1.54) is 22.0 Å². The second-order valence-corrected chi connectivity index (χ2v) is 3.48. The van der Waals surface area contributed by atoms with Gasteiger partial charge >= 0.3 is 0 Å². The average Bonchev–Trinajstić information content (AvgIpc) is 2.50. The van der Waals surface area contributed by atoms with Gasteiger partial charge in [0.1, 0.15) is 0 Å². The van der Waals surface area contributed by atoms with Gasteiger partial charge in [-0.25, -0.2) is 0 Å². The monoisotopic (exact) mass is 170 g/mol. The van der Waals surface area contributed by atoms with Crippen molar-refractivity contribution in [3.05, 3.63) is 41.2 Å². The number of nitrogens with one attached hydrogen (secondary N) is 1. The predicted octanol–water partition coefficient (Wildman–Crippen LogP) is 2.02. The van der Waals surface area contributed by atoms with Crippen molar-refractivity contribution in [3.63, 3.8) is 0 Å². The minimum atomic E-state index is 0.872. The van der Waals surface area contributed by atoms with Gasteiger partial charge in [0, 0.05) is 29.2 Å². The fraction of sp³-hybridized carbons (Fsp3) is 0.0909. The van der Waals surface area contributed by atoms with E-state index in [-0.39, 0.29) is 0 Å². The second kappa shape index (κ2) is 2.16. The highest BCUT2D eigenvalue weighted by molar-refractivity contribution is 5.93. The van der Waals surface area contributed by atoms with Crippen LogP contribution in [0.1, 0.15) is 11.1 Å². The van der Waals surface area contributed by atoms with E-state index in [9.17, 15) is 0 Å². The van der Waals surface area contributed by atoms with Crippen molar-refractivity contribution in [3.8, 4) is 0 Å². The zero-order valence-corrected chi connectivity index (χ0v) is 7.17. The molecule has 1 heterocycles. The molecule has 1 aliphatic rings. The molecule has 3 N–H and O–H groups in total. The molecule has 2 aromatic rings. The molecule has 1 aromatic carbocycles. The summed E-state index contributed by atoms with van der Waals surface area (Å²) in [5, 5.41) is 1.33. The summed E-state index contributed by atoms with van der Waals surface area (Å²) in [7, 11) is 0. The van der Waals surface area contributed by atoms with Gasteiger partial charge in [-0.1, -0.05) is 12.1 Å². The molecule has 1 aliphatic carbocycles. The van der Waals surface area contributed by atoms with Crippen LogP contribution in [-0.4, -0.2) is 4.98 Å². The Morgan fingerprint density at radius 3 is 3.15 bits per heavy atom. The molecule has 0 aliphatic heterocycles. The van der Waals surface area contributed by atoms with Crippen LogP contribution in [-0.2, 0) is 6.42 Å². The number of rotatable bonds is 0. The van der Waals surface area contributed by atoms with Crippen molar-refractivity contribution < 1.29 is 0 Å². The van der Waals surface area contributed by atoms with E-state index in [1.54, 1.807) is 0 Å². The first-order valence-corrected chi connectivity index (χ1v) is 4.39. The Labute approximate surface area is 76.1 Å². The van der Waals surface area contributed by atoms with Crippen LogP contribution in [0.3, 0.4) is 0 Å². The molecule has 0 unspecified atom stereocenters. The Balaban J connectivity index is 2.49. The summed E-state index contributed by atoms with van der Waals surface area (Å²) in [4.78, 5) is 3.25. The topological polar surface area (TPSA) is 41.8 Å². The van der Waals surface area contributed by atoms with Gasteiger partial charge in [0.2, 0.25) is 0 Å². The molecule has 1 aromatic heterocycles. The van der Waals surface area contributed by atoms with Gasteiger partial charge < -0.3 is 10.7 Å². The van der Waals surface area contributed by atoms with Crippen LogP contribution < -0.4 is 5.73 Å². The van der Waals surface area contributed by atoms with Crippen molar-refractivity contribution >= 4 is 17.0 Å². The molecule has 64 valence electrons. The summed E-state index contributed by atoms with van der Waals surface area (Å²) < 4.78 is 0. The van der Waals surface area contributed by atoms with Gasteiger partial charge in [0.25, 0.3) is 0 Å². The molecular formula is C11H10N2. The second-order valence-electron chi connectivity index (χ2n) is 3.48. The molecule has 0 spiro atoms. The molecule has 0 atom stereocenters. The smallest absolute Gasteiger partial charge is 0.0463 e. The highest BCUT2D eigenvalue weighted by Gasteiger charge is 2.12. The number of hydrogen-bond acceptors (Lipinski definition) is 1. The summed E-state index contributed by atoms with van der Waals surface area (Å²) in [5.41, 5.74) is 10.5. The summed E-state index contributed by atoms with van der Waals surface area (Å²) in [5.74, 6) is 0. The van der Waals surface area contributed by atoms with Crippen molar-refractivity contribution in [1.82, 2.24) is 4.98 Å². The molecule has 0 fully saturated rings. The van der Waals surface area contributed by atoms with Crippen LogP contribution in [0.5, 0.6) is 0 Å². The van der Waals surface area contributed by atoms with Crippen LogP contribution in [0, 0.1) is 0 Å². The summed E-state index contributed by atoms with van der Waals surface area (Å²) in [6.45, 7) is 0. The molecule has 2 heteroatoms. The van der Waals surface area contributed by atoms with Gasteiger partial charge in [-0.2, -0.15) is 0 Å². The van der Waals surface area contributed by atoms with Crippen molar-refractivity contribution in [2.45, 2.75) is 6.42 Å². The molecule has 0 radical (unpaired) electrons. The lowest BCUT2D eigenvalue weighted by molar-refractivity contribution is 1.13. The van der Waals surface area contributed by atoms with Gasteiger partial charge in [-0.05, 0) is 23.3 Å². The Hall–Kier alpha value is -1.70. The van der Waals surface area contributed by atoms with E-state index < -0.39 is 0 Å². The minimum absolute atomic E-state index is 0.872. The molecular weight excluding hydrogens is 160 g/mol. The molecule has 2 nitrogen and oxygen atoms in total. The largest absolute Gasteiger partial charge is 0.402 e. The summed E-state index contributed by atoms with van der Waals surface area (Å²) in [6, 6.07) is 6.25. The zero-order chi connectivity index (χ0) is 8.84. The van der Waals surface area contributed by atoms with Crippen LogP contribution in [0.15, 0.2) is 30.1 Å². The summed E-state index contributed by atoms with van der Waals surface area (Å²) >= 11 is 0. The Morgan fingerprint density at radius 2 is 2.23 bits per heavy atom. The molecule has 13 heavy (non-hydrogen) atoms. The number of H-pyrrole nitrogens is 1. The van der Waals surface area contributed by atoms with Crippen molar-refractivity contribution in [2.24, 2.45) is 5.73 Å². The van der Waals surface area contributed by atoms with Crippen LogP contribution in [0.2, 0.25) is 0 Å². The van der Waals surface area contributed by atoms with Gasteiger partial charge in [0.15, 0.2) is 0 Å². The van der Waals surface area contributed by atoms with Gasteiger partial charge in [-0.15, -0.1) is 0 Å². The van der Waals surface area contributed by atoms with E-state index >= 15 is 0 Å². The first-order valence-electron chi connectivity index (χ1n) is 4.39. The Kier molecular flexibility index (Phi) is 1.13. The number of allylic oxidation sites excluding steroid dienone is 1. The maximum absolute atomic E-state index is 5.83. The third-order valence-corrected chi connectivity index (χ3v) is 2.56. The SMILES string of the molecule is NC1=Cc2cccc3[nH]cc(c23)C1. The predicted molar refractivity (Wildman–Crippen MR) is 54.2 cm³/mol. The van der Waals surface area contributed by atoms with E-state index in [4.69, 9.17) is 5.73 Å². The standard InChI is InChI=1S/C11H10N2/c12-9-4-7-2-1-3-10-11(7)8(5-9)6-13-10/h1-4,6,13H,5,12H2. The maximum Gasteiger partial charge on any atom is 0.0463 e. The molecule has 0 saturated carbocycles. The fourth-order valence-electron chi connectivity index (χ4n) is 2.02. The number of benzene rings is 1. The van der Waals surface area contributed by atoms with E-state index in [0.29, 0.717) is 0 Å². The lowest BCUT2D eigenvalue weighted by atomic mass is 9.97. The zero-order valence-electron chi connectivity index (χ0n) is 7.17. The van der Waals surface area contributed by atoms with E-state index in [2.05, 4.69) is 23.2 Å². The highest BCUT2D eigenvalue weighted by Crippen LogP contribution is 2.29. The molecule has 0 bridgehead atoms. The lowest BCUT2D eigenvalue weighted by Crippen LogP contribution is -2.04. The van der Waals surface area contributed by atoms with E-state index in [0.717, 1.165) is 12.1 Å². The van der Waals surface area contributed by atoms with Crippen molar-refractivity contribution in [2.75, 3.05) is 0 Å². The first kappa shape index (κ1) is 6.78. The van der Waals surface area contributed by atoms with Crippen LogP contribution >= 0.6 is 0 Å². The van der Waals surface area contributed by atoms with Crippen LogP contribution in [0.4, 0.5) is 0 Å². The summed E-state index contributed by atoms with van der Waals surface area (Å²) in [6.07, 6.45) is 4.98. The lowest BCUT2D eigenvalue weighted by Gasteiger charge is -2.09. The molecule has 3 rings (SSSR count). The number of aromatic nitrogens is 1. The molecule has 0 saturated heterocycles. The third-order valence-electron chi connectivity index (χ3n) is 2.56. The highest BCUT2D eigenvalue weighted by atomic mass is 14.7. The normalized spacial score (nSPS) is 14.6. The van der Waals surface area contributed by atoms with Crippen molar-refractivity contribution in [1.29, 1.82) is 0 Å². The van der Waals surface area contributed by atoms with Gasteiger partial charge in [0.05, 0.1) is 0 Å². The van der Waals surface area contributed by atoms with Gasteiger partial charge in [-0.3, -0.25) is 0 Å². The number of aromatic amines is 1.